The third-order valence-electron chi connectivity index (χ3n) is 1.02. The van der Waals surface area contributed by atoms with Crippen LogP contribution in [0.1, 0.15) is 13.8 Å². The van der Waals surface area contributed by atoms with Gasteiger partial charge in [-0.1, -0.05) is 23.2 Å². The largest absolute Gasteiger partial charge is 0.293 e. The molecule has 0 aliphatic rings. The van der Waals surface area contributed by atoms with Gasteiger partial charge in [0.25, 0.3) is 0 Å². The predicted octanol–water partition coefficient (Wildman–Crippen LogP) is 3.06. The first-order chi connectivity index (χ1) is 5.95. The van der Waals surface area contributed by atoms with Gasteiger partial charge in [0.05, 0.1) is 10.1 Å². The van der Waals surface area contributed by atoms with Crippen LogP contribution >= 0.6 is 35.0 Å². The first-order valence-electron chi connectivity index (χ1n) is 3.33. The smallest absolute Gasteiger partial charge is 0.171 e. The van der Waals surface area contributed by atoms with Gasteiger partial charge in [-0.2, -0.15) is 0 Å². The molecule has 0 aliphatic carbocycles. The highest BCUT2D eigenvalue weighted by Crippen LogP contribution is 2.16. The van der Waals surface area contributed by atoms with Gasteiger partial charge in [0.1, 0.15) is 0 Å². The van der Waals surface area contributed by atoms with Crippen molar-refractivity contribution in [3.8, 4) is 0 Å². The van der Waals surface area contributed by atoms with Gasteiger partial charge in [-0.25, -0.2) is 0 Å². The fraction of sp³-hybridized carbons (Fsp3) is 0.250. The number of ketones is 2. The number of allylic oxidation sites excluding steroid dienone is 2. The van der Waals surface area contributed by atoms with E-state index in [0.29, 0.717) is 0 Å². The minimum absolute atomic E-state index is 0.120. The van der Waals surface area contributed by atoms with E-state index in [0.717, 1.165) is 11.8 Å². The molecule has 2 nitrogen and oxygen atoms in total. The predicted molar refractivity (Wildman–Crippen MR) is 56.8 cm³/mol. The van der Waals surface area contributed by atoms with Gasteiger partial charge in [0, 0.05) is 13.8 Å². The first kappa shape index (κ1) is 12.8. The molecule has 0 aromatic rings. The lowest BCUT2D eigenvalue weighted by Gasteiger charge is -1.90. The summed E-state index contributed by atoms with van der Waals surface area (Å²) in [6.07, 6.45) is 0. The van der Waals surface area contributed by atoms with Crippen LogP contribution in [0.4, 0.5) is 0 Å². The maximum absolute atomic E-state index is 10.6. The number of carbonyl (C=O) groups excluding carboxylic acids is 2. The standard InChI is InChI=1S/C8H8Cl2O2S/c1-5(11)7(9)3-13-4-8(10)6(2)12/h3-4H,1-2H3. The van der Waals surface area contributed by atoms with Crippen molar-refractivity contribution in [2.75, 3.05) is 0 Å². The van der Waals surface area contributed by atoms with Crippen molar-refractivity contribution in [1.82, 2.24) is 0 Å². The molecule has 13 heavy (non-hydrogen) atoms. The van der Waals surface area contributed by atoms with Crippen molar-refractivity contribution in [1.29, 1.82) is 0 Å². The Hall–Kier alpha value is -0.250. The van der Waals surface area contributed by atoms with Crippen LogP contribution < -0.4 is 0 Å². The number of thioether (sulfide) groups is 1. The quantitative estimate of drug-likeness (QED) is 0.707. The summed E-state index contributed by atoms with van der Waals surface area (Å²) in [7, 11) is 0. The average Bonchev–Trinajstić information content (AvgIpc) is 2.03. The Bertz CT molecular complexity index is 254. The summed E-state index contributed by atoms with van der Waals surface area (Å²) >= 11 is 12.1. The van der Waals surface area contributed by atoms with Gasteiger partial charge in [-0.15, -0.1) is 11.8 Å². The fourth-order valence-electron chi connectivity index (χ4n) is 0.319. The summed E-state index contributed by atoms with van der Waals surface area (Å²) in [4.78, 5) is 21.2. The molecule has 0 rings (SSSR count). The van der Waals surface area contributed by atoms with Crippen molar-refractivity contribution < 1.29 is 9.59 Å². The highest BCUT2D eigenvalue weighted by Gasteiger charge is 1.99. The zero-order valence-electron chi connectivity index (χ0n) is 7.14. The fourth-order valence-corrected chi connectivity index (χ4v) is 1.27. The lowest BCUT2D eigenvalue weighted by atomic mass is 10.4. The second-order valence-electron chi connectivity index (χ2n) is 2.18. The Balaban J connectivity index is 4.19. The van der Waals surface area contributed by atoms with Crippen LogP contribution in [0, 0.1) is 0 Å². The van der Waals surface area contributed by atoms with Crippen LogP contribution in [0.2, 0.25) is 0 Å². The van der Waals surface area contributed by atoms with Gasteiger partial charge >= 0.3 is 0 Å². The van der Waals surface area contributed by atoms with E-state index < -0.39 is 0 Å². The summed E-state index contributed by atoms with van der Waals surface area (Å²) in [6, 6.07) is 0. The van der Waals surface area contributed by atoms with Crippen LogP contribution in [0.25, 0.3) is 0 Å². The molecule has 0 saturated carbocycles. The zero-order valence-corrected chi connectivity index (χ0v) is 9.46. The highest BCUT2D eigenvalue weighted by molar-refractivity contribution is 8.05. The lowest BCUT2D eigenvalue weighted by Crippen LogP contribution is -1.87. The van der Waals surface area contributed by atoms with Gasteiger partial charge < -0.3 is 0 Å². The SMILES string of the molecule is CC(=O)C(Cl)=CSC=C(Cl)C(C)=O. The van der Waals surface area contributed by atoms with E-state index in [-0.39, 0.29) is 21.6 Å². The molecule has 0 N–H and O–H groups in total. The van der Waals surface area contributed by atoms with Crippen LogP contribution in [0.5, 0.6) is 0 Å². The summed E-state index contributed by atoms with van der Waals surface area (Å²) < 4.78 is 0. The topological polar surface area (TPSA) is 34.1 Å². The number of hydrogen-bond acceptors (Lipinski definition) is 3. The molecule has 0 aromatic heterocycles. The molecule has 0 fully saturated rings. The maximum atomic E-state index is 10.6. The van der Waals surface area contributed by atoms with Gasteiger partial charge in [0.2, 0.25) is 0 Å². The number of halogens is 2. The molecule has 5 heteroatoms. The number of hydrogen-bond donors (Lipinski definition) is 0. The monoisotopic (exact) mass is 238 g/mol. The van der Waals surface area contributed by atoms with E-state index in [1.807, 2.05) is 0 Å². The van der Waals surface area contributed by atoms with Crippen molar-refractivity contribution in [2.24, 2.45) is 0 Å². The van der Waals surface area contributed by atoms with Gasteiger partial charge in [-0.05, 0) is 10.8 Å². The number of rotatable bonds is 4. The highest BCUT2D eigenvalue weighted by atomic mass is 35.5. The molecular weight excluding hydrogens is 231 g/mol. The Kier molecular flexibility index (Phi) is 6.12. The normalized spacial score (nSPS) is 12.9. The van der Waals surface area contributed by atoms with Gasteiger partial charge in [-0.3, -0.25) is 9.59 Å². The Labute approximate surface area is 91.0 Å². The van der Waals surface area contributed by atoms with E-state index in [9.17, 15) is 9.59 Å². The van der Waals surface area contributed by atoms with Crippen molar-refractivity contribution in [3.05, 3.63) is 20.9 Å². The summed E-state index contributed by atoms with van der Waals surface area (Å²) in [5.74, 6) is -0.442. The maximum Gasteiger partial charge on any atom is 0.171 e. The Morgan fingerprint density at radius 2 is 1.31 bits per heavy atom. The molecule has 72 valence electrons. The van der Waals surface area contributed by atoms with E-state index in [2.05, 4.69) is 0 Å². The molecule has 0 saturated heterocycles. The minimum Gasteiger partial charge on any atom is -0.293 e. The summed E-state index contributed by atoms with van der Waals surface area (Å²) in [5, 5.41) is 3.09. The molecule has 0 aromatic carbocycles. The molecule has 0 bridgehead atoms. The second-order valence-corrected chi connectivity index (χ2v) is 3.74. The molecule has 0 radical (unpaired) electrons. The van der Waals surface area contributed by atoms with Crippen LogP contribution in [-0.4, -0.2) is 11.6 Å². The molecular formula is C8H8Cl2O2S. The molecule has 0 unspecified atom stereocenters. The van der Waals surface area contributed by atoms with Crippen LogP contribution in [-0.2, 0) is 9.59 Å². The zero-order chi connectivity index (χ0) is 10.4. The number of Topliss-reactive ketones (excluding diaryl/α,β-unsaturated/α-hetero) is 2. The molecule has 0 amide bonds. The second kappa shape index (κ2) is 6.24. The van der Waals surface area contributed by atoms with E-state index >= 15 is 0 Å². The van der Waals surface area contributed by atoms with Crippen molar-refractivity contribution >= 4 is 46.5 Å². The summed E-state index contributed by atoms with van der Waals surface area (Å²) in [6.45, 7) is 2.71. The first-order valence-corrected chi connectivity index (χ1v) is 5.03. The Morgan fingerprint density at radius 3 is 1.54 bits per heavy atom. The molecule has 0 spiro atoms. The van der Waals surface area contributed by atoms with E-state index in [4.69, 9.17) is 23.2 Å². The molecule has 0 atom stereocenters. The lowest BCUT2D eigenvalue weighted by molar-refractivity contribution is -0.113. The third kappa shape index (κ3) is 5.91. The minimum atomic E-state index is -0.221. The third-order valence-corrected chi connectivity index (χ3v) is 2.77. The van der Waals surface area contributed by atoms with E-state index in [1.165, 1.54) is 24.7 Å². The van der Waals surface area contributed by atoms with Crippen molar-refractivity contribution in [3.63, 3.8) is 0 Å². The van der Waals surface area contributed by atoms with Crippen molar-refractivity contribution in [2.45, 2.75) is 13.8 Å². The molecule has 0 aliphatic heterocycles. The van der Waals surface area contributed by atoms with Crippen LogP contribution in [0.3, 0.4) is 0 Å². The molecule has 0 heterocycles. The Morgan fingerprint density at radius 1 is 1.00 bits per heavy atom. The summed E-state index contributed by atoms with van der Waals surface area (Å²) in [5.41, 5.74) is 0. The van der Waals surface area contributed by atoms with Crippen LogP contribution in [0.15, 0.2) is 20.9 Å². The van der Waals surface area contributed by atoms with E-state index in [1.54, 1.807) is 0 Å². The number of carbonyl (C=O) groups is 2. The van der Waals surface area contributed by atoms with Gasteiger partial charge in [0.15, 0.2) is 11.6 Å². The average molecular weight is 239 g/mol.